The van der Waals surface area contributed by atoms with Crippen LogP contribution in [0.25, 0.3) is 0 Å². The normalized spacial score (nSPS) is 13.1. The molecule has 0 saturated carbocycles. The molecule has 1 amide bonds. The molecule has 0 aromatic heterocycles. The molecular formula is C13H15NO3. The van der Waals surface area contributed by atoms with E-state index in [1.165, 1.54) is 0 Å². The van der Waals surface area contributed by atoms with Gasteiger partial charge in [0.05, 0.1) is 0 Å². The van der Waals surface area contributed by atoms with Crippen LogP contribution >= 0.6 is 0 Å². The summed E-state index contributed by atoms with van der Waals surface area (Å²) < 4.78 is 10.5. The van der Waals surface area contributed by atoms with Crippen LogP contribution in [0.5, 0.6) is 11.5 Å². The van der Waals surface area contributed by atoms with E-state index < -0.39 is 0 Å². The van der Waals surface area contributed by atoms with Gasteiger partial charge in [0.25, 0.3) is 0 Å². The van der Waals surface area contributed by atoms with Gasteiger partial charge in [-0.15, -0.1) is 0 Å². The Morgan fingerprint density at radius 2 is 2.18 bits per heavy atom. The van der Waals surface area contributed by atoms with Crippen LogP contribution in [0.1, 0.15) is 12.5 Å². The number of carbonyl (C=O) groups is 1. The molecule has 0 fully saturated rings. The summed E-state index contributed by atoms with van der Waals surface area (Å²) >= 11 is 0. The maximum absolute atomic E-state index is 11.6. The molecule has 0 saturated heterocycles. The maximum atomic E-state index is 11.6. The van der Waals surface area contributed by atoms with Gasteiger partial charge in [0, 0.05) is 13.6 Å². The predicted molar refractivity (Wildman–Crippen MR) is 63.9 cm³/mol. The monoisotopic (exact) mass is 233 g/mol. The van der Waals surface area contributed by atoms with E-state index in [1.54, 1.807) is 24.1 Å². The molecule has 1 aliphatic heterocycles. The summed E-state index contributed by atoms with van der Waals surface area (Å²) in [6.07, 6.45) is 3.28. The summed E-state index contributed by atoms with van der Waals surface area (Å²) in [6, 6.07) is 5.71. The van der Waals surface area contributed by atoms with E-state index in [4.69, 9.17) is 9.47 Å². The van der Waals surface area contributed by atoms with E-state index >= 15 is 0 Å². The van der Waals surface area contributed by atoms with Crippen LogP contribution in [-0.2, 0) is 11.3 Å². The van der Waals surface area contributed by atoms with Gasteiger partial charge in [-0.2, -0.15) is 0 Å². The van der Waals surface area contributed by atoms with Crippen molar-refractivity contribution in [2.24, 2.45) is 0 Å². The van der Waals surface area contributed by atoms with E-state index in [1.807, 2.05) is 25.1 Å². The highest BCUT2D eigenvalue weighted by Gasteiger charge is 2.14. The van der Waals surface area contributed by atoms with Crippen LogP contribution in [0.3, 0.4) is 0 Å². The highest BCUT2D eigenvalue weighted by atomic mass is 16.7. The fourth-order valence-electron chi connectivity index (χ4n) is 1.66. The van der Waals surface area contributed by atoms with E-state index in [2.05, 4.69) is 0 Å². The number of hydrogen-bond donors (Lipinski definition) is 0. The molecule has 1 heterocycles. The maximum Gasteiger partial charge on any atom is 0.246 e. The molecule has 4 heteroatoms. The third-order valence-electron chi connectivity index (χ3n) is 2.54. The first-order valence-electron chi connectivity index (χ1n) is 5.47. The molecule has 1 aliphatic rings. The van der Waals surface area contributed by atoms with E-state index in [-0.39, 0.29) is 12.7 Å². The zero-order chi connectivity index (χ0) is 12.3. The first-order chi connectivity index (χ1) is 8.20. The number of nitrogens with zero attached hydrogens (tertiary/aromatic N) is 1. The lowest BCUT2D eigenvalue weighted by atomic mass is 10.2. The van der Waals surface area contributed by atoms with Crippen molar-refractivity contribution in [1.82, 2.24) is 4.90 Å². The van der Waals surface area contributed by atoms with Gasteiger partial charge in [-0.3, -0.25) is 4.79 Å². The van der Waals surface area contributed by atoms with Crippen molar-refractivity contribution in [2.45, 2.75) is 13.5 Å². The van der Waals surface area contributed by atoms with Gasteiger partial charge < -0.3 is 14.4 Å². The Labute approximate surface area is 100 Å². The molecule has 0 radical (unpaired) electrons. The van der Waals surface area contributed by atoms with Crippen LogP contribution in [-0.4, -0.2) is 24.6 Å². The van der Waals surface area contributed by atoms with Crippen LogP contribution < -0.4 is 9.47 Å². The van der Waals surface area contributed by atoms with Crippen LogP contribution in [0.4, 0.5) is 0 Å². The fourth-order valence-corrected chi connectivity index (χ4v) is 1.66. The number of carbonyl (C=O) groups excluding carboxylic acids is 1. The summed E-state index contributed by atoms with van der Waals surface area (Å²) in [5.41, 5.74) is 1.02. The standard InChI is InChI=1S/C13H15NO3/c1-3-4-13(15)14(2)8-10-5-6-11-12(7-10)17-9-16-11/h3-7H,8-9H2,1-2H3. The zero-order valence-corrected chi connectivity index (χ0v) is 9.97. The molecule has 0 atom stereocenters. The van der Waals surface area contributed by atoms with Crippen LogP contribution in [0.2, 0.25) is 0 Å². The second-order valence-corrected chi connectivity index (χ2v) is 3.88. The first-order valence-corrected chi connectivity index (χ1v) is 5.47. The molecular weight excluding hydrogens is 218 g/mol. The Kier molecular flexibility index (Phi) is 3.32. The summed E-state index contributed by atoms with van der Waals surface area (Å²) in [5.74, 6) is 1.50. The predicted octanol–water partition coefficient (Wildman–Crippen LogP) is 1.95. The average Bonchev–Trinajstić information content (AvgIpc) is 2.76. The Balaban J connectivity index is 2.06. The minimum absolute atomic E-state index is 0.00910. The smallest absolute Gasteiger partial charge is 0.246 e. The van der Waals surface area contributed by atoms with Crippen molar-refractivity contribution >= 4 is 5.91 Å². The van der Waals surface area contributed by atoms with Gasteiger partial charge in [0.1, 0.15) is 0 Å². The number of benzene rings is 1. The molecule has 2 rings (SSSR count). The molecule has 0 spiro atoms. The SMILES string of the molecule is CC=CC(=O)N(C)Cc1ccc2c(c1)OCO2. The van der Waals surface area contributed by atoms with Gasteiger partial charge in [-0.1, -0.05) is 12.1 Å². The number of rotatable bonds is 3. The van der Waals surface area contributed by atoms with Crippen LogP contribution in [0, 0.1) is 0 Å². The van der Waals surface area contributed by atoms with Gasteiger partial charge in [-0.05, 0) is 30.7 Å². The summed E-state index contributed by atoms with van der Waals surface area (Å²) in [7, 11) is 1.77. The Hall–Kier alpha value is -1.97. The van der Waals surface area contributed by atoms with Crippen molar-refractivity contribution in [3.8, 4) is 11.5 Å². The number of hydrogen-bond acceptors (Lipinski definition) is 3. The first kappa shape index (κ1) is 11.5. The second kappa shape index (κ2) is 4.91. The third-order valence-corrected chi connectivity index (χ3v) is 2.54. The minimum Gasteiger partial charge on any atom is -0.454 e. The fraction of sp³-hybridized carbons (Fsp3) is 0.308. The van der Waals surface area contributed by atoms with Gasteiger partial charge in [0.15, 0.2) is 11.5 Å². The molecule has 17 heavy (non-hydrogen) atoms. The van der Waals surface area contributed by atoms with Gasteiger partial charge >= 0.3 is 0 Å². The van der Waals surface area contributed by atoms with Crippen molar-refractivity contribution in [3.63, 3.8) is 0 Å². The molecule has 90 valence electrons. The second-order valence-electron chi connectivity index (χ2n) is 3.88. The largest absolute Gasteiger partial charge is 0.454 e. The Bertz CT molecular complexity index is 454. The highest BCUT2D eigenvalue weighted by Crippen LogP contribution is 2.32. The van der Waals surface area contributed by atoms with Gasteiger partial charge in [0.2, 0.25) is 12.7 Å². The molecule has 4 nitrogen and oxygen atoms in total. The van der Waals surface area contributed by atoms with E-state index in [9.17, 15) is 4.79 Å². The number of amides is 1. The Morgan fingerprint density at radius 3 is 2.94 bits per heavy atom. The topological polar surface area (TPSA) is 38.8 Å². The van der Waals surface area contributed by atoms with Crippen LogP contribution in [0.15, 0.2) is 30.4 Å². The molecule has 1 aromatic rings. The minimum atomic E-state index is -0.00910. The average molecular weight is 233 g/mol. The molecule has 0 aliphatic carbocycles. The molecule has 1 aromatic carbocycles. The lowest BCUT2D eigenvalue weighted by molar-refractivity contribution is -0.125. The number of fused-ring (bicyclic) bond motifs is 1. The van der Waals surface area contributed by atoms with Crippen molar-refractivity contribution < 1.29 is 14.3 Å². The molecule has 0 unspecified atom stereocenters. The highest BCUT2D eigenvalue weighted by molar-refractivity contribution is 5.87. The lowest BCUT2D eigenvalue weighted by Gasteiger charge is -2.15. The van der Waals surface area contributed by atoms with E-state index in [0.29, 0.717) is 6.54 Å². The van der Waals surface area contributed by atoms with Crippen molar-refractivity contribution in [1.29, 1.82) is 0 Å². The molecule has 0 N–H and O–H groups in total. The zero-order valence-electron chi connectivity index (χ0n) is 9.97. The quantitative estimate of drug-likeness (QED) is 0.749. The number of likely N-dealkylation sites (N-methyl/N-ethyl adjacent to an activating group) is 1. The number of ether oxygens (including phenoxy) is 2. The summed E-state index contributed by atoms with van der Waals surface area (Å²) in [4.78, 5) is 13.2. The summed E-state index contributed by atoms with van der Waals surface area (Å²) in [5, 5.41) is 0. The molecule has 0 bridgehead atoms. The third kappa shape index (κ3) is 2.58. The van der Waals surface area contributed by atoms with E-state index in [0.717, 1.165) is 17.1 Å². The summed E-state index contributed by atoms with van der Waals surface area (Å²) in [6.45, 7) is 2.65. The van der Waals surface area contributed by atoms with Crippen molar-refractivity contribution in [2.75, 3.05) is 13.8 Å². The lowest BCUT2D eigenvalue weighted by Crippen LogP contribution is -2.24. The number of allylic oxidation sites excluding steroid dienone is 1. The van der Waals surface area contributed by atoms with Crippen molar-refractivity contribution in [3.05, 3.63) is 35.9 Å². The Morgan fingerprint density at radius 1 is 1.41 bits per heavy atom. The van der Waals surface area contributed by atoms with Gasteiger partial charge in [-0.25, -0.2) is 0 Å².